The fourth-order valence-electron chi connectivity index (χ4n) is 3.63. The van der Waals surface area contributed by atoms with Gasteiger partial charge in [0.05, 0.1) is 22.0 Å². The molecule has 11 heteroatoms. The number of hydrogen-bond donors (Lipinski definition) is 0. The summed E-state index contributed by atoms with van der Waals surface area (Å²) in [4.78, 5) is 25.9. The zero-order valence-electron chi connectivity index (χ0n) is 16.8. The normalized spacial score (nSPS) is 21.8. The first-order valence-corrected chi connectivity index (χ1v) is 13.1. The third kappa shape index (κ3) is 5.19. The van der Waals surface area contributed by atoms with Gasteiger partial charge in [-0.15, -0.1) is 0 Å². The number of carbonyl (C=O) groups excluding carboxylic acids is 2. The monoisotopic (exact) mass is 458 g/mol. The predicted octanol–water partition coefficient (Wildman–Crippen LogP) is 0.664. The van der Waals surface area contributed by atoms with Crippen LogP contribution in [0.25, 0.3) is 0 Å². The third-order valence-corrected chi connectivity index (χ3v) is 9.14. The van der Waals surface area contributed by atoms with Crippen molar-refractivity contribution in [1.29, 1.82) is 0 Å². The summed E-state index contributed by atoms with van der Waals surface area (Å²) < 4.78 is 55.2. The molecule has 1 amide bonds. The van der Waals surface area contributed by atoms with Gasteiger partial charge in [-0.3, -0.25) is 4.79 Å². The molecular weight excluding hydrogens is 432 g/mol. The molecule has 0 N–H and O–H groups in total. The van der Waals surface area contributed by atoms with Crippen LogP contribution >= 0.6 is 0 Å². The first kappa shape index (κ1) is 22.7. The fourth-order valence-corrected chi connectivity index (χ4v) is 6.97. The Balaban J connectivity index is 1.62. The number of piperidine rings is 1. The zero-order valence-corrected chi connectivity index (χ0v) is 18.5. The van der Waals surface area contributed by atoms with E-state index in [1.165, 1.54) is 40.5 Å². The number of sulfonamides is 1. The van der Waals surface area contributed by atoms with Crippen molar-refractivity contribution < 1.29 is 31.2 Å². The van der Waals surface area contributed by atoms with E-state index in [1.54, 1.807) is 0 Å². The van der Waals surface area contributed by atoms with Crippen LogP contribution in [0, 0.1) is 0 Å². The van der Waals surface area contributed by atoms with Crippen molar-refractivity contribution in [2.45, 2.75) is 36.6 Å². The molecule has 9 nitrogen and oxygen atoms in total. The molecular formula is C19H26N2O7S2. The highest BCUT2D eigenvalue weighted by Gasteiger charge is 2.33. The Hall–Kier alpha value is -1.98. The Labute approximate surface area is 177 Å². The van der Waals surface area contributed by atoms with E-state index in [9.17, 15) is 26.4 Å². The van der Waals surface area contributed by atoms with Gasteiger partial charge in [-0.2, -0.15) is 4.31 Å². The number of carbonyl (C=O) groups is 2. The molecule has 2 fully saturated rings. The first-order chi connectivity index (χ1) is 14.1. The minimum atomic E-state index is -3.69. The lowest BCUT2D eigenvalue weighted by atomic mass is 10.2. The van der Waals surface area contributed by atoms with Gasteiger partial charge in [0.15, 0.2) is 16.4 Å². The summed E-state index contributed by atoms with van der Waals surface area (Å²) in [7, 11) is -5.35. The maximum Gasteiger partial charge on any atom is 0.338 e. The average Bonchev–Trinajstić information content (AvgIpc) is 3.11. The molecule has 2 aliphatic heterocycles. The van der Waals surface area contributed by atoms with Gasteiger partial charge in [0.1, 0.15) is 0 Å². The van der Waals surface area contributed by atoms with E-state index in [0.29, 0.717) is 19.5 Å². The Bertz CT molecular complexity index is 1020. The minimum absolute atomic E-state index is 0.0125. The van der Waals surface area contributed by atoms with Crippen LogP contribution in [0.2, 0.25) is 0 Å². The van der Waals surface area contributed by atoms with Crippen LogP contribution in [-0.4, -0.2) is 82.2 Å². The molecule has 0 bridgehead atoms. The molecule has 0 unspecified atom stereocenters. The third-order valence-electron chi connectivity index (χ3n) is 5.50. The highest BCUT2D eigenvalue weighted by molar-refractivity contribution is 7.91. The van der Waals surface area contributed by atoms with Gasteiger partial charge in [-0.25, -0.2) is 21.6 Å². The van der Waals surface area contributed by atoms with E-state index in [-0.39, 0.29) is 22.0 Å². The lowest BCUT2D eigenvalue weighted by Gasteiger charge is -2.26. The summed E-state index contributed by atoms with van der Waals surface area (Å²) >= 11 is 0. The number of amides is 1. The number of hydrogen-bond acceptors (Lipinski definition) is 7. The summed E-state index contributed by atoms with van der Waals surface area (Å²) in [6, 6.07) is 5.14. The predicted molar refractivity (Wildman–Crippen MR) is 109 cm³/mol. The molecule has 0 spiro atoms. The molecule has 0 radical (unpaired) electrons. The summed E-state index contributed by atoms with van der Waals surface area (Å²) in [5, 5.41) is 0. The van der Waals surface area contributed by atoms with E-state index < -0.39 is 44.4 Å². The van der Waals surface area contributed by atoms with Crippen molar-refractivity contribution in [2.75, 3.05) is 38.2 Å². The van der Waals surface area contributed by atoms with E-state index in [1.807, 2.05) is 0 Å². The number of benzene rings is 1. The van der Waals surface area contributed by atoms with E-state index in [2.05, 4.69) is 0 Å². The van der Waals surface area contributed by atoms with Crippen molar-refractivity contribution in [2.24, 2.45) is 0 Å². The highest BCUT2D eigenvalue weighted by Crippen LogP contribution is 2.22. The summed E-state index contributed by atoms with van der Waals surface area (Å²) in [6.45, 7) is 0.360. The number of nitrogens with zero attached hydrogens (tertiary/aromatic N) is 2. The molecule has 2 heterocycles. The number of ether oxygens (including phenoxy) is 1. The van der Waals surface area contributed by atoms with Gasteiger partial charge >= 0.3 is 5.97 Å². The Kier molecular flexibility index (Phi) is 6.83. The second kappa shape index (κ2) is 9.03. The van der Waals surface area contributed by atoms with Crippen LogP contribution in [0.5, 0.6) is 0 Å². The van der Waals surface area contributed by atoms with Crippen LogP contribution in [0.1, 0.15) is 36.0 Å². The molecule has 166 valence electrons. The van der Waals surface area contributed by atoms with E-state index >= 15 is 0 Å². The van der Waals surface area contributed by atoms with Crippen molar-refractivity contribution >= 4 is 31.7 Å². The van der Waals surface area contributed by atoms with Crippen molar-refractivity contribution in [1.82, 2.24) is 9.21 Å². The molecule has 1 atom stereocenters. The van der Waals surface area contributed by atoms with Crippen LogP contribution in [-0.2, 0) is 29.4 Å². The van der Waals surface area contributed by atoms with Gasteiger partial charge in [0.2, 0.25) is 10.0 Å². The SMILES string of the molecule is CN(C(=O)COC(=O)c1cccc(S(=O)(=O)N2CCCCC2)c1)[C@@H]1CCS(=O)(=O)C1. The maximum atomic E-state index is 12.8. The molecule has 3 rings (SSSR count). The molecule has 2 aliphatic rings. The van der Waals surface area contributed by atoms with Crippen molar-refractivity contribution in [3.8, 4) is 0 Å². The maximum absolute atomic E-state index is 12.8. The topological polar surface area (TPSA) is 118 Å². The van der Waals surface area contributed by atoms with Gasteiger partial charge in [0.25, 0.3) is 5.91 Å². The average molecular weight is 459 g/mol. The molecule has 0 saturated carbocycles. The van der Waals surface area contributed by atoms with Gasteiger partial charge in [-0.05, 0) is 37.5 Å². The van der Waals surface area contributed by atoms with Crippen molar-refractivity contribution in [3.05, 3.63) is 29.8 Å². The van der Waals surface area contributed by atoms with Crippen LogP contribution in [0.3, 0.4) is 0 Å². The molecule has 30 heavy (non-hydrogen) atoms. The number of likely N-dealkylation sites (N-methyl/N-ethyl adjacent to an activating group) is 1. The smallest absolute Gasteiger partial charge is 0.338 e. The van der Waals surface area contributed by atoms with Gasteiger partial charge in [0, 0.05) is 26.2 Å². The number of rotatable bonds is 6. The lowest BCUT2D eigenvalue weighted by Crippen LogP contribution is -2.40. The molecule has 0 aliphatic carbocycles. The Morgan fingerprint density at radius 2 is 1.90 bits per heavy atom. The summed E-state index contributed by atoms with van der Waals surface area (Å²) in [6.07, 6.45) is 2.96. The molecule has 1 aromatic carbocycles. The minimum Gasteiger partial charge on any atom is -0.452 e. The largest absolute Gasteiger partial charge is 0.452 e. The highest BCUT2D eigenvalue weighted by atomic mass is 32.2. The molecule has 1 aromatic rings. The summed E-state index contributed by atoms with van der Waals surface area (Å²) in [5.41, 5.74) is 0.0342. The first-order valence-electron chi connectivity index (χ1n) is 9.83. The number of esters is 1. The quantitative estimate of drug-likeness (QED) is 0.575. The standard InChI is InChI=1S/C19H26N2O7S2/c1-20(16-8-11-29(24,25)14-16)18(22)13-28-19(23)15-6-5-7-17(12-15)30(26,27)21-9-3-2-4-10-21/h5-7,12,16H,2-4,8-11,13-14H2,1H3/t16-/m1/s1. The van der Waals surface area contributed by atoms with Gasteiger partial charge < -0.3 is 9.64 Å². The number of sulfone groups is 1. The van der Waals surface area contributed by atoms with Crippen LogP contribution in [0.4, 0.5) is 0 Å². The molecule has 2 saturated heterocycles. The zero-order chi connectivity index (χ0) is 21.9. The van der Waals surface area contributed by atoms with Crippen molar-refractivity contribution in [3.63, 3.8) is 0 Å². The second-order valence-electron chi connectivity index (χ2n) is 7.63. The Morgan fingerprint density at radius 3 is 2.53 bits per heavy atom. The van der Waals surface area contributed by atoms with E-state index in [0.717, 1.165) is 19.3 Å². The Morgan fingerprint density at radius 1 is 1.20 bits per heavy atom. The fraction of sp³-hybridized carbons (Fsp3) is 0.579. The lowest BCUT2D eigenvalue weighted by molar-refractivity contribution is -0.134. The summed E-state index contributed by atoms with van der Waals surface area (Å²) in [5.74, 6) is -1.39. The van der Waals surface area contributed by atoms with Gasteiger partial charge in [-0.1, -0.05) is 12.5 Å². The van der Waals surface area contributed by atoms with Crippen LogP contribution in [0.15, 0.2) is 29.2 Å². The van der Waals surface area contributed by atoms with Crippen LogP contribution < -0.4 is 0 Å². The molecule has 0 aromatic heterocycles. The van der Waals surface area contributed by atoms with E-state index in [4.69, 9.17) is 4.74 Å². The second-order valence-corrected chi connectivity index (χ2v) is 11.8.